The highest BCUT2D eigenvalue weighted by atomic mass is 16.5. The van der Waals surface area contributed by atoms with Crippen LogP contribution in [0, 0.1) is 0 Å². The number of amides is 1. The van der Waals surface area contributed by atoms with Crippen molar-refractivity contribution < 1.29 is 14.3 Å². The molecule has 0 saturated heterocycles. The molecule has 9 heteroatoms. The Balaban J connectivity index is 1.25. The second-order valence-electron chi connectivity index (χ2n) is 8.66. The Morgan fingerprint density at radius 3 is 2.03 bits per heavy atom. The number of hydrogen-bond acceptors (Lipinski definition) is 7. The van der Waals surface area contributed by atoms with E-state index < -0.39 is 0 Å². The molecule has 1 aliphatic rings. The summed E-state index contributed by atoms with van der Waals surface area (Å²) in [6.45, 7) is 0.127. The van der Waals surface area contributed by atoms with Gasteiger partial charge in [-0.2, -0.15) is 0 Å². The largest absolute Gasteiger partial charge is 0.497 e. The number of rotatable bonds is 10. The van der Waals surface area contributed by atoms with Crippen LogP contribution in [0.1, 0.15) is 36.1 Å². The number of methoxy groups -OCH3 is 2. The van der Waals surface area contributed by atoms with Crippen molar-refractivity contribution in [2.24, 2.45) is 0 Å². The van der Waals surface area contributed by atoms with Gasteiger partial charge in [-0.05, 0) is 82.9 Å². The van der Waals surface area contributed by atoms with E-state index in [0.717, 1.165) is 52.5 Å². The maximum Gasteiger partial charge on any atom is 0.240 e. The van der Waals surface area contributed by atoms with Crippen LogP contribution in [-0.2, 0) is 4.79 Å². The number of ether oxygens (including phenoxy) is 2. The molecule has 0 aliphatic heterocycles. The van der Waals surface area contributed by atoms with Crippen LogP contribution in [0.4, 0.5) is 5.69 Å². The lowest BCUT2D eigenvalue weighted by Gasteiger charge is -2.21. The van der Waals surface area contributed by atoms with Crippen molar-refractivity contribution in [1.29, 1.82) is 0 Å². The normalized spacial score (nSPS) is 12.9. The Hall–Kier alpha value is -4.40. The predicted octanol–water partition coefficient (Wildman–Crippen LogP) is 4.01. The van der Waals surface area contributed by atoms with E-state index in [1.165, 1.54) is 0 Å². The molecule has 36 heavy (non-hydrogen) atoms. The van der Waals surface area contributed by atoms with Crippen LogP contribution in [-0.4, -0.2) is 46.9 Å². The molecule has 2 N–H and O–H groups in total. The van der Waals surface area contributed by atoms with E-state index in [9.17, 15) is 4.79 Å². The van der Waals surface area contributed by atoms with Crippen molar-refractivity contribution in [2.45, 2.75) is 24.9 Å². The fraction of sp³-hybridized carbons (Fsp3) is 0.259. The van der Waals surface area contributed by atoms with Gasteiger partial charge in [0.05, 0.1) is 32.8 Å². The van der Waals surface area contributed by atoms with Gasteiger partial charge in [0, 0.05) is 11.3 Å². The number of nitrogens with one attached hydrogen (secondary N) is 2. The second kappa shape index (κ2) is 10.5. The zero-order valence-corrected chi connectivity index (χ0v) is 20.2. The molecule has 4 aromatic rings. The quantitative estimate of drug-likeness (QED) is 0.351. The number of tetrazole rings is 1. The van der Waals surface area contributed by atoms with Gasteiger partial charge in [-0.1, -0.05) is 24.3 Å². The predicted molar refractivity (Wildman–Crippen MR) is 136 cm³/mol. The van der Waals surface area contributed by atoms with E-state index in [1.54, 1.807) is 14.2 Å². The smallest absolute Gasteiger partial charge is 0.240 e. The van der Waals surface area contributed by atoms with Crippen LogP contribution in [0.5, 0.6) is 11.5 Å². The molecule has 0 unspecified atom stereocenters. The standard InChI is InChI=1S/C27H28N6O3/c1-35-23-13-5-18(6-14-23)26(19-7-15-24(36-2)16-8-19)29-25(34)17-28-21-9-3-20(4-10-21)27-30-31-32-33(27)22-11-12-22/h3-10,13-16,22,26,28H,11-12,17H2,1-2H3,(H,29,34). The van der Waals surface area contributed by atoms with E-state index in [0.29, 0.717) is 6.04 Å². The Morgan fingerprint density at radius 2 is 1.50 bits per heavy atom. The first-order chi connectivity index (χ1) is 17.6. The van der Waals surface area contributed by atoms with E-state index in [-0.39, 0.29) is 18.5 Å². The van der Waals surface area contributed by atoms with Crippen LogP contribution < -0.4 is 20.1 Å². The number of carbonyl (C=O) groups excluding carboxylic acids is 1. The van der Waals surface area contributed by atoms with Crippen molar-refractivity contribution in [2.75, 3.05) is 26.1 Å². The molecule has 1 aromatic heterocycles. The molecule has 3 aromatic carbocycles. The zero-order chi connectivity index (χ0) is 24.9. The molecular weight excluding hydrogens is 456 g/mol. The molecular formula is C27H28N6O3. The minimum absolute atomic E-state index is 0.127. The number of benzene rings is 3. The zero-order valence-electron chi connectivity index (χ0n) is 20.2. The summed E-state index contributed by atoms with van der Waals surface area (Å²) in [7, 11) is 3.26. The molecule has 0 atom stereocenters. The Morgan fingerprint density at radius 1 is 0.917 bits per heavy atom. The Labute approximate surface area is 209 Å². The van der Waals surface area contributed by atoms with Crippen molar-refractivity contribution in [1.82, 2.24) is 25.5 Å². The molecule has 0 radical (unpaired) electrons. The number of aromatic nitrogens is 4. The van der Waals surface area contributed by atoms with Gasteiger partial charge in [-0.25, -0.2) is 4.68 Å². The van der Waals surface area contributed by atoms with E-state index in [4.69, 9.17) is 9.47 Å². The molecule has 1 saturated carbocycles. The van der Waals surface area contributed by atoms with Crippen molar-refractivity contribution in [3.8, 4) is 22.9 Å². The van der Waals surface area contributed by atoms with Crippen LogP contribution in [0.25, 0.3) is 11.4 Å². The molecule has 5 rings (SSSR count). The van der Waals surface area contributed by atoms with Gasteiger partial charge in [0.2, 0.25) is 5.91 Å². The van der Waals surface area contributed by atoms with Crippen LogP contribution in [0.15, 0.2) is 72.8 Å². The summed E-state index contributed by atoms with van der Waals surface area (Å²) in [5.74, 6) is 2.15. The molecule has 1 amide bonds. The minimum atomic E-state index is -0.320. The molecule has 184 valence electrons. The Kier molecular flexibility index (Phi) is 6.79. The average Bonchev–Trinajstić information content (AvgIpc) is 3.67. The summed E-state index contributed by atoms with van der Waals surface area (Å²) in [5.41, 5.74) is 3.69. The van der Waals surface area contributed by atoms with Gasteiger partial charge in [0.15, 0.2) is 5.82 Å². The summed E-state index contributed by atoms with van der Waals surface area (Å²) in [4.78, 5) is 12.9. The maximum absolute atomic E-state index is 12.9. The first kappa shape index (κ1) is 23.3. The highest BCUT2D eigenvalue weighted by molar-refractivity contribution is 5.81. The number of anilines is 1. The number of nitrogens with zero attached hydrogens (tertiary/aromatic N) is 4. The highest BCUT2D eigenvalue weighted by Gasteiger charge is 2.28. The van der Waals surface area contributed by atoms with Crippen LogP contribution in [0.2, 0.25) is 0 Å². The lowest BCUT2D eigenvalue weighted by atomic mass is 9.98. The Bertz CT molecular complexity index is 1250. The summed E-state index contributed by atoms with van der Waals surface area (Å²) >= 11 is 0. The second-order valence-corrected chi connectivity index (χ2v) is 8.66. The third-order valence-corrected chi connectivity index (χ3v) is 6.19. The summed E-state index contributed by atoms with van der Waals surface area (Å²) in [6.07, 6.45) is 2.22. The molecule has 9 nitrogen and oxygen atoms in total. The van der Waals surface area contributed by atoms with Gasteiger partial charge < -0.3 is 20.1 Å². The van der Waals surface area contributed by atoms with Gasteiger partial charge >= 0.3 is 0 Å². The van der Waals surface area contributed by atoms with Crippen molar-refractivity contribution in [3.63, 3.8) is 0 Å². The van der Waals surface area contributed by atoms with Gasteiger partial charge in [0.25, 0.3) is 0 Å². The average molecular weight is 485 g/mol. The fourth-order valence-corrected chi connectivity index (χ4v) is 4.03. The highest BCUT2D eigenvalue weighted by Crippen LogP contribution is 2.36. The summed E-state index contributed by atoms with van der Waals surface area (Å²) in [5, 5.41) is 18.4. The van der Waals surface area contributed by atoms with E-state index in [2.05, 4.69) is 26.2 Å². The lowest BCUT2D eigenvalue weighted by molar-refractivity contribution is -0.119. The summed E-state index contributed by atoms with van der Waals surface area (Å²) in [6, 6.07) is 23.2. The third kappa shape index (κ3) is 5.30. The first-order valence-electron chi connectivity index (χ1n) is 11.8. The van der Waals surface area contributed by atoms with Gasteiger partial charge in [-0.3, -0.25) is 4.79 Å². The minimum Gasteiger partial charge on any atom is -0.497 e. The molecule has 0 bridgehead atoms. The van der Waals surface area contributed by atoms with E-state index in [1.807, 2.05) is 77.5 Å². The lowest BCUT2D eigenvalue weighted by Crippen LogP contribution is -2.34. The SMILES string of the molecule is COc1ccc(C(NC(=O)CNc2ccc(-c3nnnn3C3CC3)cc2)c2ccc(OC)cc2)cc1. The number of carbonyl (C=O) groups is 1. The summed E-state index contributed by atoms with van der Waals surface area (Å²) < 4.78 is 12.4. The van der Waals surface area contributed by atoms with Crippen molar-refractivity contribution >= 4 is 11.6 Å². The molecule has 1 fully saturated rings. The number of hydrogen-bond donors (Lipinski definition) is 2. The maximum atomic E-state index is 12.9. The van der Waals surface area contributed by atoms with E-state index >= 15 is 0 Å². The van der Waals surface area contributed by atoms with Gasteiger partial charge in [-0.15, -0.1) is 5.10 Å². The van der Waals surface area contributed by atoms with Crippen LogP contribution in [0.3, 0.4) is 0 Å². The topological polar surface area (TPSA) is 103 Å². The first-order valence-corrected chi connectivity index (χ1v) is 11.8. The fourth-order valence-electron chi connectivity index (χ4n) is 4.03. The van der Waals surface area contributed by atoms with Crippen molar-refractivity contribution in [3.05, 3.63) is 83.9 Å². The monoisotopic (exact) mass is 484 g/mol. The third-order valence-electron chi connectivity index (χ3n) is 6.19. The molecule has 1 aliphatic carbocycles. The molecule has 0 spiro atoms. The van der Waals surface area contributed by atoms with Crippen LogP contribution >= 0.6 is 0 Å². The van der Waals surface area contributed by atoms with Gasteiger partial charge in [0.1, 0.15) is 11.5 Å². The molecule has 1 heterocycles.